The first-order valence-corrected chi connectivity index (χ1v) is 8.59. The Balaban J connectivity index is 1.76. The van der Waals surface area contributed by atoms with Crippen molar-refractivity contribution < 1.29 is 9.32 Å². The van der Waals surface area contributed by atoms with Gasteiger partial charge in [0.25, 0.3) is 0 Å². The molecule has 2 heterocycles. The minimum atomic E-state index is -0.410. The molecule has 25 heavy (non-hydrogen) atoms. The summed E-state index contributed by atoms with van der Waals surface area (Å²) in [4.78, 5) is 12.3. The molecule has 0 aliphatic heterocycles. The quantitative estimate of drug-likeness (QED) is 0.700. The fourth-order valence-electron chi connectivity index (χ4n) is 2.23. The lowest BCUT2D eigenvalue weighted by Gasteiger charge is -2.12. The van der Waals surface area contributed by atoms with Crippen LogP contribution in [0.5, 0.6) is 0 Å². The Hall–Kier alpha value is -2.68. The molecule has 8 nitrogen and oxygen atoms in total. The van der Waals surface area contributed by atoms with Gasteiger partial charge >= 0.3 is 0 Å². The summed E-state index contributed by atoms with van der Waals surface area (Å²) in [5.74, 6) is 0.826. The molecule has 1 amide bonds. The van der Waals surface area contributed by atoms with Crippen molar-refractivity contribution in [3.8, 4) is 5.69 Å². The van der Waals surface area contributed by atoms with Crippen molar-refractivity contribution in [2.75, 3.05) is 5.32 Å². The molecule has 0 spiro atoms. The third kappa shape index (κ3) is 3.71. The van der Waals surface area contributed by atoms with E-state index in [1.807, 2.05) is 32.0 Å². The predicted octanol–water partition coefficient (Wildman–Crippen LogP) is 2.69. The highest BCUT2D eigenvalue weighted by molar-refractivity contribution is 8.00. The highest BCUT2D eigenvalue weighted by Crippen LogP contribution is 2.26. The molecule has 0 aliphatic rings. The molecule has 2 aromatic heterocycles. The van der Waals surface area contributed by atoms with Gasteiger partial charge in [-0.1, -0.05) is 29.1 Å². The van der Waals surface area contributed by atoms with Gasteiger partial charge in [-0.25, -0.2) is 0 Å². The van der Waals surface area contributed by atoms with Gasteiger partial charge in [-0.2, -0.15) is 4.68 Å². The second-order valence-corrected chi connectivity index (χ2v) is 6.97. The van der Waals surface area contributed by atoms with Gasteiger partial charge in [0, 0.05) is 6.07 Å². The average molecular weight is 358 g/mol. The van der Waals surface area contributed by atoms with Gasteiger partial charge in [0.1, 0.15) is 5.76 Å². The Kier molecular flexibility index (Phi) is 4.84. The maximum absolute atomic E-state index is 12.3. The Bertz CT molecular complexity index is 904. The molecular weight excluding hydrogens is 340 g/mol. The van der Waals surface area contributed by atoms with Gasteiger partial charge in [-0.05, 0) is 55.3 Å². The van der Waals surface area contributed by atoms with E-state index in [-0.39, 0.29) is 5.91 Å². The minimum absolute atomic E-state index is 0.200. The monoisotopic (exact) mass is 358 g/mol. The van der Waals surface area contributed by atoms with E-state index in [0.717, 1.165) is 16.8 Å². The van der Waals surface area contributed by atoms with Crippen molar-refractivity contribution in [2.45, 2.75) is 38.1 Å². The van der Waals surface area contributed by atoms with Crippen LogP contribution in [0.2, 0.25) is 0 Å². The molecule has 0 bridgehead atoms. The molecule has 1 aromatic carbocycles. The highest BCUT2D eigenvalue weighted by Gasteiger charge is 2.21. The SMILES string of the molecule is Cc1cc(NC(=O)C(C)Sc2nnnn2-c2cccc(C)c2C)no1. The second kappa shape index (κ2) is 7.06. The van der Waals surface area contributed by atoms with Crippen molar-refractivity contribution in [3.05, 3.63) is 41.2 Å². The highest BCUT2D eigenvalue weighted by atomic mass is 32.2. The first-order valence-electron chi connectivity index (χ1n) is 7.71. The fourth-order valence-corrected chi connectivity index (χ4v) is 3.03. The number of carbonyl (C=O) groups excluding carboxylic acids is 1. The van der Waals surface area contributed by atoms with Gasteiger partial charge in [0.05, 0.1) is 10.9 Å². The van der Waals surface area contributed by atoms with Crippen LogP contribution in [0.25, 0.3) is 5.69 Å². The zero-order valence-electron chi connectivity index (χ0n) is 14.3. The summed E-state index contributed by atoms with van der Waals surface area (Å²) >= 11 is 1.28. The van der Waals surface area contributed by atoms with Gasteiger partial charge in [0.2, 0.25) is 11.1 Å². The van der Waals surface area contributed by atoms with E-state index < -0.39 is 5.25 Å². The van der Waals surface area contributed by atoms with Gasteiger partial charge in [-0.15, -0.1) is 5.10 Å². The first kappa shape index (κ1) is 17.2. The number of aryl methyl sites for hydroxylation is 2. The molecule has 3 aromatic rings. The third-order valence-electron chi connectivity index (χ3n) is 3.78. The summed E-state index contributed by atoms with van der Waals surface area (Å²) in [6.45, 7) is 7.60. The molecular formula is C16H18N6O2S. The van der Waals surface area contributed by atoms with Gasteiger partial charge in [0.15, 0.2) is 5.82 Å². The standard InChI is InChI=1S/C16H18N6O2S/c1-9-6-5-7-13(11(9)3)22-16(18-20-21-22)25-12(4)15(23)17-14-8-10(2)24-19-14/h5-8,12H,1-4H3,(H,17,19,23). The lowest BCUT2D eigenvalue weighted by molar-refractivity contribution is -0.115. The summed E-state index contributed by atoms with van der Waals surface area (Å²) in [6, 6.07) is 7.60. The molecule has 0 radical (unpaired) electrons. The summed E-state index contributed by atoms with van der Waals surface area (Å²) in [6.07, 6.45) is 0. The average Bonchev–Trinajstić information content (AvgIpc) is 3.19. The maximum Gasteiger partial charge on any atom is 0.238 e. The maximum atomic E-state index is 12.3. The van der Waals surface area contributed by atoms with Gasteiger partial charge in [-0.3, -0.25) is 4.79 Å². The summed E-state index contributed by atoms with van der Waals surface area (Å²) < 4.78 is 6.59. The van der Waals surface area contributed by atoms with Crippen LogP contribution in [-0.2, 0) is 4.79 Å². The van der Waals surface area contributed by atoms with Crippen LogP contribution in [0.4, 0.5) is 5.82 Å². The van der Waals surface area contributed by atoms with E-state index in [1.165, 1.54) is 11.8 Å². The van der Waals surface area contributed by atoms with Crippen LogP contribution in [0, 0.1) is 20.8 Å². The van der Waals surface area contributed by atoms with Crippen molar-refractivity contribution in [2.24, 2.45) is 0 Å². The smallest absolute Gasteiger partial charge is 0.238 e. The number of nitrogens with one attached hydrogen (secondary N) is 1. The fraction of sp³-hybridized carbons (Fsp3) is 0.312. The molecule has 3 rings (SSSR count). The Labute approximate surface area is 149 Å². The Morgan fingerprint density at radius 2 is 2.12 bits per heavy atom. The van der Waals surface area contributed by atoms with Crippen LogP contribution in [0.15, 0.2) is 33.9 Å². The second-order valence-electron chi connectivity index (χ2n) is 5.66. The number of nitrogens with zero attached hydrogens (tertiary/aromatic N) is 5. The molecule has 130 valence electrons. The van der Waals surface area contributed by atoms with E-state index >= 15 is 0 Å². The molecule has 1 N–H and O–H groups in total. The zero-order chi connectivity index (χ0) is 18.0. The van der Waals surface area contributed by atoms with E-state index in [0.29, 0.717) is 16.7 Å². The number of thioether (sulfide) groups is 1. The van der Waals surface area contributed by atoms with E-state index in [2.05, 4.69) is 26.0 Å². The topological polar surface area (TPSA) is 98.7 Å². The van der Waals surface area contributed by atoms with Crippen LogP contribution in [0.1, 0.15) is 23.8 Å². The molecule has 0 saturated carbocycles. The number of anilines is 1. The number of carbonyl (C=O) groups is 1. The van der Waals surface area contributed by atoms with Crippen LogP contribution >= 0.6 is 11.8 Å². The number of rotatable bonds is 5. The number of tetrazole rings is 1. The molecule has 1 unspecified atom stereocenters. The molecule has 9 heteroatoms. The molecule has 1 atom stereocenters. The number of benzene rings is 1. The predicted molar refractivity (Wildman–Crippen MR) is 93.8 cm³/mol. The number of hydrogen-bond donors (Lipinski definition) is 1. The third-order valence-corrected chi connectivity index (χ3v) is 4.81. The largest absolute Gasteiger partial charge is 0.360 e. The van der Waals surface area contributed by atoms with Crippen LogP contribution < -0.4 is 5.32 Å². The number of amides is 1. The van der Waals surface area contributed by atoms with E-state index in [1.54, 1.807) is 24.6 Å². The van der Waals surface area contributed by atoms with Crippen molar-refractivity contribution in [1.82, 2.24) is 25.4 Å². The summed E-state index contributed by atoms with van der Waals surface area (Å²) in [5.41, 5.74) is 3.13. The number of hydrogen-bond acceptors (Lipinski definition) is 7. The molecule has 0 saturated heterocycles. The van der Waals surface area contributed by atoms with Crippen LogP contribution in [0.3, 0.4) is 0 Å². The Morgan fingerprint density at radius 3 is 2.84 bits per heavy atom. The lowest BCUT2D eigenvalue weighted by Crippen LogP contribution is -2.23. The van der Waals surface area contributed by atoms with Gasteiger partial charge < -0.3 is 9.84 Å². The summed E-state index contributed by atoms with van der Waals surface area (Å²) in [5, 5.41) is 18.5. The van der Waals surface area contributed by atoms with Crippen molar-refractivity contribution >= 4 is 23.5 Å². The normalized spacial score (nSPS) is 12.2. The van der Waals surface area contributed by atoms with Crippen LogP contribution in [-0.4, -0.2) is 36.5 Å². The van der Waals surface area contributed by atoms with Crippen molar-refractivity contribution in [1.29, 1.82) is 0 Å². The molecule has 0 aliphatic carbocycles. The van der Waals surface area contributed by atoms with E-state index in [9.17, 15) is 4.79 Å². The zero-order valence-corrected chi connectivity index (χ0v) is 15.2. The summed E-state index contributed by atoms with van der Waals surface area (Å²) in [7, 11) is 0. The number of aromatic nitrogens is 5. The molecule has 0 fully saturated rings. The minimum Gasteiger partial charge on any atom is -0.360 e. The van der Waals surface area contributed by atoms with Crippen molar-refractivity contribution in [3.63, 3.8) is 0 Å². The Morgan fingerprint density at radius 1 is 1.32 bits per heavy atom. The van der Waals surface area contributed by atoms with E-state index in [4.69, 9.17) is 4.52 Å². The lowest BCUT2D eigenvalue weighted by atomic mass is 10.1. The first-order chi connectivity index (χ1) is 12.0.